The molecule has 0 spiro atoms. The van der Waals surface area contributed by atoms with Crippen molar-refractivity contribution in [3.05, 3.63) is 47.1 Å². The maximum Gasteiger partial charge on any atom is 0.350 e. The van der Waals surface area contributed by atoms with E-state index in [-0.39, 0.29) is 17.6 Å². The molecule has 2 aliphatic heterocycles. The molecular formula is C23H26FN7O2. The number of aryl methyl sites for hydroxylation is 1. The fourth-order valence-electron chi connectivity index (χ4n) is 4.91. The van der Waals surface area contributed by atoms with Crippen LogP contribution in [0.4, 0.5) is 10.2 Å². The van der Waals surface area contributed by atoms with Gasteiger partial charge < -0.3 is 15.3 Å². The Kier molecular flexibility index (Phi) is 5.12. The van der Waals surface area contributed by atoms with E-state index in [0.717, 1.165) is 19.3 Å². The molecule has 5 rings (SSSR count). The molecule has 2 N–H and O–H groups in total. The molecule has 2 aliphatic rings. The van der Waals surface area contributed by atoms with Gasteiger partial charge in [0.05, 0.1) is 11.7 Å². The van der Waals surface area contributed by atoms with Crippen LogP contribution in [0.3, 0.4) is 0 Å². The summed E-state index contributed by atoms with van der Waals surface area (Å²) in [5, 5.41) is 22.6. The summed E-state index contributed by atoms with van der Waals surface area (Å²) in [5.74, 6) is 0.785. The number of hydrogen-bond donors (Lipinski definition) is 2. The number of piperidine rings is 1. The van der Waals surface area contributed by atoms with E-state index in [1.165, 1.54) is 17.0 Å². The van der Waals surface area contributed by atoms with Crippen molar-refractivity contribution >= 4 is 5.82 Å². The number of phenolic OH excluding ortho intramolecular Hbond substituents is 1. The van der Waals surface area contributed by atoms with Gasteiger partial charge in [-0.1, -0.05) is 6.07 Å². The molecule has 4 atom stereocenters. The molecule has 0 amide bonds. The van der Waals surface area contributed by atoms with Crippen molar-refractivity contribution in [1.82, 2.24) is 30.0 Å². The van der Waals surface area contributed by atoms with Crippen LogP contribution in [-0.2, 0) is 7.05 Å². The first kappa shape index (κ1) is 21.4. The Bertz CT molecular complexity index is 1250. The molecule has 1 aromatic carbocycles. The van der Waals surface area contributed by atoms with E-state index in [2.05, 4.69) is 25.5 Å². The lowest BCUT2D eigenvalue weighted by Crippen LogP contribution is -2.62. The number of nitrogens with zero attached hydrogens (tertiary/aromatic N) is 6. The summed E-state index contributed by atoms with van der Waals surface area (Å²) in [6.07, 6.45) is 2.93. The standard InChI is InChI=1S/C23H26FN7O2/c1-23-9-8-14(27-23)11-17(20(23)24)31(3)19-7-6-16(28-29-19)15-5-4-13(10-18(15)32)21-25-12-30(2)22(33)26-21/h4-7,10,12,14,17,20,27,32H,8-9,11H2,1-3H3/t14?,17-,20-,23+/m0/s1. The molecule has 2 fully saturated rings. The Balaban J connectivity index is 1.37. The SMILES string of the molecule is CN(c1ccc(-c2ccc(-c3ncn(C)c(=O)n3)cc2O)nn1)[C@H]1CC2CC[C@@](C)(N2)[C@H]1F. The first-order valence-electron chi connectivity index (χ1n) is 11.0. The van der Waals surface area contributed by atoms with E-state index in [0.29, 0.717) is 28.7 Å². The summed E-state index contributed by atoms with van der Waals surface area (Å²) >= 11 is 0. The first-order valence-corrected chi connectivity index (χ1v) is 11.0. The Morgan fingerprint density at radius 3 is 2.79 bits per heavy atom. The highest BCUT2D eigenvalue weighted by atomic mass is 19.1. The van der Waals surface area contributed by atoms with Crippen molar-refractivity contribution in [2.45, 2.75) is 50.0 Å². The van der Waals surface area contributed by atoms with Crippen LogP contribution < -0.4 is 15.9 Å². The molecule has 4 heterocycles. The summed E-state index contributed by atoms with van der Waals surface area (Å²) in [6.45, 7) is 1.96. The second kappa shape index (κ2) is 7.87. The molecular weight excluding hydrogens is 425 g/mol. The minimum absolute atomic E-state index is 0.0288. The molecule has 1 unspecified atom stereocenters. The summed E-state index contributed by atoms with van der Waals surface area (Å²) in [4.78, 5) is 21.7. The van der Waals surface area contributed by atoms with E-state index < -0.39 is 17.4 Å². The number of rotatable bonds is 4. The van der Waals surface area contributed by atoms with Gasteiger partial charge in [0.25, 0.3) is 0 Å². The van der Waals surface area contributed by atoms with E-state index in [1.807, 2.05) is 18.9 Å². The zero-order chi connectivity index (χ0) is 23.3. The number of benzene rings is 1. The fraction of sp³-hybridized carbons (Fsp3) is 0.435. The minimum Gasteiger partial charge on any atom is -0.507 e. The van der Waals surface area contributed by atoms with Crippen LogP contribution in [0, 0.1) is 0 Å². The normalized spacial score (nSPS) is 26.4. The number of aromatic hydroxyl groups is 1. The molecule has 0 aliphatic carbocycles. The van der Waals surface area contributed by atoms with Gasteiger partial charge in [-0.15, -0.1) is 10.2 Å². The summed E-state index contributed by atoms with van der Waals surface area (Å²) < 4.78 is 16.5. The van der Waals surface area contributed by atoms with Crippen LogP contribution in [-0.4, -0.2) is 60.7 Å². The van der Waals surface area contributed by atoms with Gasteiger partial charge in [0.1, 0.15) is 18.2 Å². The molecule has 33 heavy (non-hydrogen) atoms. The van der Waals surface area contributed by atoms with Gasteiger partial charge in [0.2, 0.25) is 0 Å². The Hall–Kier alpha value is -3.40. The molecule has 3 aromatic rings. The lowest BCUT2D eigenvalue weighted by atomic mass is 9.86. The zero-order valence-electron chi connectivity index (χ0n) is 18.7. The van der Waals surface area contributed by atoms with Gasteiger partial charge >= 0.3 is 5.69 Å². The second-order valence-corrected chi connectivity index (χ2v) is 9.20. The van der Waals surface area contributed by atoms with Gasteiger partial charge in [-0.3, -0.25) is 4.57 Å². The summed E-state index contributed by atoms with van der Waals surface area (Å²) in [5.41, 5.74) is 0.562. The number of hydrogen-bond acceptors (Lipinski definition) is 8. The van der Waals surface area contributed by atoms with Crippen LogP contribution in [0.25, 0.3) is 22.6 Å². The maximum atomic E-state index is 15.3. The van der Waals surface area contributed by atoms with Crippen LogP contribution in [0.1, 0.15) is 26.2 Å². The summed E-state index contributed by atoms with van der Waals surface area (Å²) in [7, 11) is 3.42. The number of halogens is 1. The predicted molar refractivity (Wildman–Crippen MR) is 122 cm³/mol. The smallest absolute Gasteiger partial charge is 0.350 e. The van der Waals surface area contributed by atoms with E-state index >= 15 is 4.39 Å². The predicted octanol–water partition coefficient (Wildman–Crippen LogP) is 2.06. The minimum atomic E-state index is -1.00. The number of aromatic nitrogens is 5. The number of anilines is 1. The highest BCUT2D eigenvalue weighted by Crippen LogP contribution is 2.40. The maximum absolute atomic E-state index is 15.3. The van der Waals surface area contributed by atoms with Crippen molar-refractivity contribution in [3.63, 3.8) is 0 Å². The number of phenols is 1. The van der Waals surface area contributed by atoms with E-state index in [4.69, 9.17) is 0 Å². The van der Waals surface area contributed by atoms with Gasteiger partial charge in [0.15, 0.2) is 11.6 Å². The molecule has 2 bridgehead atoms. The monoisotopic (exact) mass is 451 g/mol. The van der Waals surface area contributed by atoms with Crippen LogP contribution in [0.5, 0.6) is 5.75 Å². The molecule has 2 saturated heterocycles. The van der Waals surface area contributed by atoms with Crippen LogP contribution in [0.2, 0.25) is 0 Å². The summed E-state index contributed by atoms with van der Waals surface area (Å²) in [6, 6.07) is 8.49. The molecule has 0 radical (unpaired) electrons. The molecule has 0 saturated carbocycles. The van der Waals surface area contributed by atoms with E-state index in [9.17, 15) is 9.90 Å². The van der Waals surface area contributed by atoms with Crippen molar-refractivity contribution in [2.24, 2.45) is 7.05 Å². The zero-order valence-corrected chi connectivity index (χ0v) is 18.7. The van der Waals surface area contributed by atoms with Gasteiger partial charge in [-0.05, 0) is 50.5 Å². The topological polar surface area (TPSA) is 109 Å². The highest BCUT2D eigenvalue weighted by Gasteiger charge is 2.51. The Labute approximate surface area is 190 Å². The fourth-order valence-corrected chi connectivity index (χ4v) is 4.91. The quantitative estimate of drug-likeness (QED) is 0.621. The second-order valence-electron chi connectivity index (χ2n) is 9.20. The van der Waals surface area contributed by atoms with E-state index in [1.54, 1.807) is 31.3 Å². The molecule has 10 heteroatoms. The average molecular weight is 452 g/mol. The van der Waals surface area contributed by atoms with Crippen LogP contribution in [0.15, 0.2) is 41.5 Å². The first-order chi connectivity index (χ1) is 15.7. The molecule has 172 valence electrons. The number of fused-ring (bicyclic) bond motifs is 2. The highest BCUT2D eigenvalue weighted by molar-refractivity contribution is 5.72. The van der Waals surface area contributed by atoms with Gasteiger partial charge in [-0.2, -0.15) is 4.98 Å². The third kappa shape index (κ3) is 3.74. The third-order valence-corrected chi connectivity index (χ3v) is 6.92. The Morgan fingerprint density at radius 1 is 1.27 bits per heavy atom. The third-order valence-electron chi connectivity index (χ3n) is 6.92. The van der Waals surface area contributed by atoms with Crippen molar-refractivity contribution in [3.8, 4) is 28.4 Å². The van der Waals surface area contributed by atoms with Crippen molar-refractivity contribution in [1.29, 1.82) is 0 Å². The van der Waals surface area contributed by atoms with Crippen molar-refractivity contribution in [2.75, 3.05) is 11.9 Å². The lowest BCUT2D eigenvalue weighted by Gasteiger charge is -2.44. The number of nitrogens with one attached hydrogen (secondary N) is 1. The average Bonchev–Trinajstić information content (AvgIpc) is 3.15. The largest absolute Gasteiger partial charge is 0.507 e. The Morgan fingerprint density at radius 2 is 2.09 bits per heavy atom. The van der Waals surface area contributed by atoms with Gasteiger partial charge in [0, 0.05) is 36.8 Å². The molecule has 9 nitrogen and oxygen atoms in total. The van der Waals surface area contributed by atoms with Crippen LogP contribution >= 0.6 is 0 Å². The lowest BCUT2D eigenvalue weighted by molar-refractivity contribution is 0.111. The van der Waals surface area contributed by atoms with Crippen molar-refractivity contribution < 1.29 is 9.50 Å². The molecule has 2 aromatic heterocycles. The van der Waals surface area contributed by atoms with Gasteiger partial charge in [-0.25, -0.2) is 14.2 Å². The number of alkyl halides is 1.